The summed E-state index contributed by atoms with van der Waals surface area (Å²) in [5, 5.41) is 20.1. The standard InChI is InChI=1S/C24H26O12/c1-29-13-5-11(6-14(30-2)19(13)25)23(27)35-17-9-33-22-18(10-34-21(17)22)36-24(28)12-7-15(31-3)20(26)16(8-12)32-4/h5-8,17-18,21-22,25-26H,9-10H2,1-4H3/t17-,18?,21?,22?/m1/s1. The third kappa shape index (κ3) is 4.64. The Morgan fingerprint density at radius 3 is 1.25 bits per heavy atom. The maximum absolute atomic E-state index is 12.8. The molecule has 2 aliphatic heterocycles. The molecule has 2 heterocycles. The molecule has 194 valence electrons. The van der Waals surface area contributed by atoms with Gasteiger partial charge in [-0.1, -0.05) is 0 Å². The second kappa shape index (κ2) is 10.4. The summed E-state index contributed by atoms with van der Waals surface area (Å²) < 4.78 is 42.9. The second-order valence-electron chi connectivity index (χ2n) is 7.94. The molecule has 2 aromatic carbocycles. The fourth-order valence-electron chi connectivity index (χ4n) is 4.06. The Labute approximate surface area is 206 Å². The van der Waals surface area contributed by atoms with Crippen LogP contribution in [0.25, 0.3) is 0 Å². The van der Waals surface area contributed by atoms with Gasteiger partial charge in [-0.3, -0.25) is 0 Å². The minimum absolute atomic E-state index is 0.0301. The van der Waals surface area contributed by atoms with Crippen LogP contribution in [0.15, 0.2) is 24.3 Å². The number of phenols is 2. The molecule has 0 bridgehead atoms. The third-order valence-corrected chi connectivity index (χ3v) is 5.91. The highest BCUT2D eigenvalue weighted by Crippen LogP contribution is 2.39. The molecule has 3 unspecified atom stereocenters. The van der Waals surface area contributed by atoms with Gasteiger partial charge in [0.2, 0.25) is 11.5 Å². The summed E-state index contributed by atoms with van der Waals surface area (Å²) in [6.45, 7) is 0.0602. The highest BCUT2D eigenvalue weighted by molar-refractivity contribution is 5.92. The van der Waals surface area contributed by atoms with Gasteiger partial charge in [0.1, 0.15) is 12.2 Å². The van der Waals surface area contributed by atoms with Crippen LogP contribution in [0.3, 0.4) is 0 Å². The van der Waals surface area contributed by atoms with Crippen molar-refractivity contribution in [2.24, 2.45) is 0 Å². The molecule has 0 aromatic heterocycles. The number of esters is 2. The van der Waals surface area contributed by atoms with E-state index >= 15 is 0 Å². The number of carbonyl (C=O) groups is 2. The number of hydrogen-bond donors (Lipinski definition) is 2. The molecule has 2 saturated heterocycles. The fourth-order valence-corrected chi connectivity index (χ4v) is 4.06. The summed E-state index contributed by atoms with van der Waals surface area (Å²) in [6, 6.07) is 5.31. The van der Waals surface area contributed by atoms with E-state index in [1.165, 1.54) is 52.7 Å². The predicted octanol–water partition coefficient (Wildman–Crippen LogP) is 1.68. The minimum Gasteiger partial charge on any atom is -0.502 e. The molecule has 0 saturated carbocycles. The van der Waals surface area contributed by atoms with E-state index in [0.29, 0.717) is 0 Å². The van der Waals surface area contributed by atoms with Crippen LogP contribution in [0.5, 0.6) is 34.5 Å². The molecular formula is C24H26O12. The van der Waals surface area contributed by atoms with Crippen molar-refractivity contribution in [1.82, 2.24) is 0 Å². The monoisotopic (exact) mass is 506 g/mol. The lowest BCUT2D eigenvalue weighted by Gasteiger charge is -2.18. The SMILES string of the molecule is COc1cc(C(=O)OC2COC3C2OC[C@H]3OC(=O)c2cc(OC)c(O)c(OC)c2)cc(OC)c1O. The molecular weight excluding hydrogens is 480 g/mol. The van der Waals surface area contributed by atoms with Crippen LogP contribution in [0.4, 0.5) is 0 Å². The number of carbonyl (C=O) groups excluding carboxylic acids is 2. The average molecular weight is 506 g/mol. The van der Waals surface area contributed by atoms with Crippen LogP contribution >= 0.6 is 0 Å². The zero-order valence-electron chi connectivity index (χ0n) is 20.0. The number of fused-ring (bicyclic) bond motifs is 1. The number of ether oxygens (including phenoxy) is 8. The van der Waals surface area contributed by atoms with Crippen molar-refractivity contribution in [3.8, 4) is 34.5 Å². The molecule has 0 aliphatic carbocycles. The Morgan fingerprint density at radius 2 is 0.972 bits per heavy atom. The van der Waals surface area contributed by atoms with Gasteiger partial charge in [-0.05, 0) is 24.3 Å². The first-order valence-electron chi connectivity index (χ1n) is 10.9. The van der Waals surface area contributed by atoms with Gasteiger partial charge in [0.25, 0.3) is 0 Å². The van der Waals surface area contributed by atoms with E-state index in [2.05, 4.69) is 0 Å². The van der Waals surface area contributed by atoms with Crippen LogP contribution in [0.2, 0.25) is 0 Å². The number of rotatable bonds is 8. The number of hydrogen-bond acceptors (Lipinski definition) is 12. The first kappa shape index (κ1) is 25.2. The molecule has 12 heteroatoms. The molecule has 2 aromatic rings. The van der Waals surface area contributed by atoms with Crippen LogP contribution in [-0.2, 0) is 18.9 Å². The van der Waals surface area contributed by atoms with Gasteiger partial charge in [-0.25, -0.2) is 9.59 Å². The highest BCUT2D eigenvalue weighted by Gasteiger charge is 2.51. The Balaban J connectivity index is 1.42. The van der Waals surface area contributed by atoms with Crippen molar-refractivity contribution in [2.45, 2.75) is 24.4 Å². The summed E-state index contributed by atoms with van der Waals surface area (Å²) in [5.74, 6) is -1.69. The molecule has 4 rings (SSSR count). The maximum Gasteiger partial charge on any atom is 0.338 e. The second-order valence-corrected chi connectivity index (χ2v) is 7.94. The predicted molar refractivity (Wildman–Crippen MR) is 120 cm³/mol. The van der Waals surface area contributed by atoms with Gasteiger partial charge in [0, 0.05) is 0 Å². The zero-order chi connectivity index (χ0) is 26.0. The summed E-state index contributed by atoms with van der Waals surface area (Å²) in [5.41, 5.74) is 0.197. The lowest BCUT2D eigenvalue weighted by atomic mass is 10.1. The van der Waals surface area contributed by atoms with Crippen molar-refractivity contribution in [1.29, 1.82) is 0 Å². The Morgan fingerprint density at radius 1 is 0.667 bits per heavy atom. The summed E-state index contributed by atoms with van der Waals surface area (Å²) in [7, 11) is 5.38. The van der Waals surface area contributed by atoms with Crippen molar-refractivity contribution < 1.29 is 57.7 Å². The minimum atomic E-state index is -0.758. The van der Waals surface area contributed by atoms with E-state index in [0.717, 1.165) is 0 Å². The van der Waals surface area contributed by atoms with E-state index in [4.69, 9.17) is 37.9 Å². The quantitative estimate of drug-likeness (QED) is 0.502. The number of benzene rings is 2. The molecule has 36 heavy (non-hydrogen) atoms. The van der Waals surface area contributed by atoms with Crippen molar-refractivity contribution in [2.75, 3.05) is 41.7 Å². The average Bonchev–Trinajstić information content (AvgIpc) is 3.47. The van der Waals surface area contributed by atoms with E-state index < -0.39 is 36.4 Å². The van der Waals surface area contributed by atoms with E-state index in [1.54, 1.807) is 0 Å². The normalized spacial score (nSPS) is 22.4. The summed E-state index contributed by atoms with van der Waals surface area (Å²) in [4.78, 5) is 25.5. The molecule has 12 nitrogen and oxygen atoms in total. The van der Waals surface area contributed by atoms with Crippen molar-refractivity contribution in [3.63, 3.8) is 0 Å². The van der Waals surface area contributed by atoms with Crippen LogP contribution in [-0.4, -0.2) is 88.2 Å². The maximum atomic E-state index is 12.8. The number of methoxy groups -OCH3 is 4. The van der Waals surface area contributed by atoms with E-state index in [1.807, 2.05) is 0 Å². The largest absolute Gasteiger partial charge is 0.502 e. The summed E-state index contributed by atoms with van der Waals surface area (Å²) in [6.07, 6.45) is -2.83. The first-order chi connectivity index (χ1) is 17.3. The molecule has 0 radical (unpaired) electrons. The fraction of sp³-hybridized carbons (Fsp3) is 0.417. The first-order valence-corrected chi connectivity index (χ1v) is 10.9. The molecule has 0 spiro atoms. The van der Waals surface area contributed by atoms with Crippen LogP contribution in [0, 0.1) is 0 Å². The molecule has 2 N–H and O–H groups in total. The Kier molecular flexibility index (Phi) is 7.27. The molecule has 0 amide bonds. The van der Waals surface area contributed by atoms with E-state index in [9.17, 15) is 19.8 Å². The Hall–Kier alpha value is -3.90. The van der Waals surface area contributed by atoms with Gasteiger partial charge >= 0.3 is 11.9 Å². The van der Waals surface area contributed by atoms with Gasteiger partial charge < -0.3 is 48.1 Å². The van der Waals surface area contributed by atoms with Crippen molar-refractivity contribution >= 4 is 11.9 Å². The molecule has 2 fully saturated rings. The van der Waals surface area contributed by atoms with Gasteiger partial charge in [-0.2, -0.15) is 0 Å². The lowest BCUT2D eigenvalue weighted by molar-refractivity contribution is -0.0287. The number of phenolic OH excluding ortho intramolecular Hbond substituents is 2. The van der Waals surface area contributed by atoms with Gasteiger partial charge in [0.05, 0.1) is 52.8 Å². The van der Waals surface area contributed by atoms with E-state index in [-0.39, 0.29) is 58.8 Å². The zero-order valence-corrected chi connectivity index (χ0v) is 20.0. The van der Waals surface area contributed by atoms with Gasteiger partial charge in [0.15, 0.2) is 35.2 Å². The number of aromatic hydroxyl groups is 2. The lowest BCUT2D eigenvalue weighted by Crippen LogP contribution is -2.36. The molecule has 2 aliphatic rings. The summed E-state index contributed by atoms with van der Waals surface area (Å²) >= 11 is 0. The highest BCUT2D eigenvalue weighted by atomic mass is 16.7. The smallest absolute Gasteiger partial charge is 0.338 e. The van der Waals surface area contributed by atoms with Gasteiger partial charge in [-0.15, -0.1) is 0 Å². The molecule has 4 atom stereocenters. The van der Waals surface area contributed by atoms with Crippen molar-refractivity contribution in [3.05, 3.63) is 35.4 Å². The Bertz CT molecular complexity index is 1010. The topological polar surface area (TPSA) is 148 Å². The van der Waals surface area contributed by atoms with Crippen LogP contribution in [0.1, 0.15) is 20.7 Å². The van der Waals surface area contributed by atoms with Crippen LogP contribution < -0.4 is 18.9 Å². The third-order valence-electron chi connectivity index (χ3n) is 5.91.